The zero-order chi connectivity index (χ0) is 20.5. The maximum Gasteiger partial charge on any atom is 0.243 e. The summed E-state index contributed by atoms with van der Waals surface area (Å²) in [5, 5.41) is 6.42. The van der Waals surface area contributed by atoms with Gasteiger partial charge < -0.3 is 15.5 Å². The molecule has 8 heteroatoms. The Morgan fingerprint density at radius 3 is 2.82 bits per heavy atom. The summed E-state index contributed by atoms with van der Waals surface area (Å²) in [6.45, 7) is 5.38. The van der Waals surface area contributed by atoms with E-state index < -0.39 is 11.6 Å². The van der Waals surface area contributed by atoms with E-state index >= 15 is 0 Å². The van der Waals surface area contributed by atoms with Crippen LogP contribution in [0.5, 0.6) is 0 Å². The van der Waals surface area contributed by atoms with Crippen LogP contribution in [-0.2, 0) is 11.2 Å². The number of halogens is 2. The highest BCUT2D eigenvalue weighted by molar-refractivity contribution is 5.84. The molecule has 1 heterocycles. The van der Waals surface area contributed by atoms with Crippen LogP contribution in [-0.4, -0.2) is 74.5 Å². The van der Waals surface area contributed by atoms with Gasteiger partial charge in [-0.15, -0.1) is 0 Å². The Morgan fingerprint density at radius 2 is 2.11 bits per heavy atom. The highest BCUT2D eigenvalue weighted by atomic mass is 19.1. The van der Waals surface area contributed by atoms with E-state index in [1.54, 1.807) is 14.1 Å². The number of carbonyl (C=O) groups excluding carboxylic acids is 1. The van der Waals surface area contributed by atoms with E-state index in [1.807, 2.05) is 0 Å². The molecule has 0 aliphatic carbocycles. The van der Waals surface area contributed by atoms with Crippen molar-refractivity contribution in [2.24, 2.45) is 4.99 Å². The zero-order valence-corrected chi connectivity index (χ0v) is 17.0. The largest absolute Gasteiger partial charge is 0.356 e. The van der Waals surface area contributed by atoms with E-state index in [-0.39, 0.29) is 12.5 Å². The highest BCUT2D eigenvalue weighted by Gasteiger charge is 2.22. The fraction of sp³-hybridized carbons (Fsp3) is 0.600. The number of hydrogen-bond acceptors (Lipinski definition) is 3. The maximum absolute atomic E-state index is 13.8. The second kappa shape index (κ2) is 10.9. The van der Waals surface area contributed by atoms with Gasteiger partial charge in [-0.1, -0.05) is 6.92 Å². The van der Waals surface area contributed by atoms with E-state index in [0.29, 0.717) is 30.5 Å². The second-order valence-corrected chi connectivity index (χ2v) is 7.17. The molecular formula is C20H31F2N5O. The lowest BCUT2D eigenvalue weighted by Crippen LogP contribution is -2.45. The number of nitrogens with zero attached hydrogens (tertiary/aromatic N) is 3. The Balaban J connectivity index is 1.94. The van der Waals surface area contributed by atoms with Crippen molar-refractivity contribution in [3.8, 4) is 0 Å². The average Bonchev–Trinajstić information content (AvgIpc) is 3.13. The van der Waals surface area contributed by atoms with Crippen LogP contribution in [0.15, 0.2) is 23.2 Å². The van der Waals surface area contributed by atoms with Crippen LogP contribution in [0.2, 0.25) is 0 Å². The Bertz CT molecular complexity index is 681. The Morgan fingerprint density at radius 1 is 1.32 bits per heavy atom. The number of rotatable bonds is 8. The number of hydrogen-bond donors (Lipinski definition) is 2. The zero-order valence-electron chi connectivity index (χ0n) is 17.0. The highest BCUT2D eigenvalue weighted by Crippen LogP contribution is 2.15. The minimum atomic E-state index is -0.458. The van der Waals surface area contributed by atoms with Gasteiger partial charge in [0, 0.05) is 33.2 Å². The number of carbonyl (C=O) groups is 1. The molecule has 2 N–H and O–H groups in total. The van der Waals surface area contributed by atoms with Gasteiger partial charge in [-0.05, 0) is 56.1 Å². The quantitative estimate of drug-likeness (QED) is 0.519. The van der Waals surface area contributed by atoms with E-state index in [0.717, 1.165) is 38.2 Å². The van der Waals surface area contributed by atoms with Gasteiger partial charge in [-0.25, -0.2) is 13.8 Å². The van der Waals surface area contributed by atoms with Gasteiger partial charge in [0.25, 0.3) is 0 Å². The molecule has 156 valence electrons. The second-order valence-electron chi connectivity index (χ2n) is 7.17. The number of benzene rings is 1. The minimum Gasteiger partial charge on any atom is -0.356 e. The third-order valence-corrected chi connectivity index (χ3v) is 4.98. The fourth-order valence-corrected chi connectivity index (χ4v) is 3.27. The molecule has 0 saturated carbocycles. The smallest absolute Gasteiger partial charge is 0.243 e. The van der Waals surface area contributed by atoms with Crippen molar-refractivity contribution < 1.29 is 13.6 Å². The molecule has 1 aliphatic rings. The summed E-state index contributed by atoms with van der Waals surface area (Å²) in [5.74, 6) is -0.480. The first-order chi connectivity index (χ1) is 13.4. The van der Waals surface area contributed by atoms with Crippen LogP contribution in [0.3, 0.4) is 0 Å². The predicted molar refractivity (Wildman–Crippen MR) is 107 cm³/mol. The van der Waals surface area contributed by atoms with E-state index in [4.69, 9.17) is 0 Å². The monoisotopic (exact) mass is 395 g/mol. The third-order valence-electron chi connectivity index (χ3n) is 4.98. The van der Waals surface area contributed by atoms with E-state index in [9.17, 15) is 13.6 Å². The normalized spacial score (nSPS) is 17.6. The molecule has 1 saturated heterocycles. The predicted octanol–water partition coefficient (Wildman–Crippen LogP) is 1.62. The van der Waals surface area contributed by atoms with Crippen molar-refractivity contribution in [3.63, 3.8) is 0 Å². The molecule has 1 aromatic carbocycles. The Kier molecular flexibility index (Phi) is 8.63. The number of guanidine groups is 1. The van der Waals surface area contributed by atoms with Crippen molar-refractivity contribution in [2.45, 2.75) is 32.2 Å². The first-order valence-electron chi connectivity index (χ1n) is 9.81. The molecule has 1 unspecified atom stereocenters. The molecule has 2 rings (SSSR count). The van der Waals surface area contributed by atoms with Crippen LogP contribution in [0.25, 0.3) is 0 Å². The van der Waals surface area contributed by atoms with Crippen molar-refractivity contribution in [3.05, 3.63) is 35.4 Å². The molecule has 1 aliphatic heterocycles. The third kappa shape index (κ3) is 6.74. The maximum atomic E-state index is 13.8. The van der Waals surface area contributed by atoms with Gasteiger partial charge in [0.05, 0.1) is 0 Å². The molecule has 1 amide bonds. The van der Waals surface area contributed by atoms with Gasteiger partial charge in [0.2, 0.25) is 5.91 Å². The van der Waals surface area contributed by atoms with Crippen LogP contribution < -0.4 is 10.6 Å². The van der Waals surface area contributed by atoms with Gasteiger partial charge in [0.15, 0.2) is 5.96 Å². The topological polar surface area (TPSA) is 60.0 Å². The van der Waals surface area contributed by atoms with Crippen molar-refractivity contribution in [2.75, 3.05) is 46.8 Å². The Labute approximate surface area is 166 Å². The minimum absolute atomic E-state index is 0.0266. The van der Waals surface area contributed by atoms with Crippen LogP contribution in [0.1, 0.15) is 25.3 Å². The lowest BCUT2D eigenvalue weighted by Gasteiger charge is -2.24. The summed E-state index contributed by atoms with van der Waals surface area (Å²) >= 11 is 0. The standard InChI is InChI=1S/C20H31F2N5O/c1-4-27-11-5-6-17(27)13-24-20(25-14-19(28)26(2)3)23-10-9-15-12-16(21)7-8-18(15)22/h7-8,12,17H,4-6,9-11,13-14H2,1-3H3,(H2,23,24,25). The van der Waals surface area contributed by atoms with Gasteiger partial charge in [-0.2, -0.15) is 0 Å². The summed E-state index contributed by atoms with van der Waals surface area (Å²) in [7, 11) is 3.37. The number of likely N-dealkylation sites (N-methyl/N-ethyl adjacent to an activating group) is 2. The van der Waals surface area contributed by atoms with Crippen molar-refractivity contribution >= 4 is 11.9 Å². The molecule has 0 aromatic heterocycles. The molecule has 1 aromatic rings. The molecule has 0 radical (unpaired) electrons. The molecular weight excluding hydrogens is 364 g/mol. The van der Waals surface area contributed by atoms with Crippen LogP contribution >= 0.6 is 0 Å². The summed E-state index contributed by atoms with van der Waals surface area (Å²) in [4.78, 5) is 20.1. The fourth-order valence-electron chi connectivity index (χ4n) is 3.27. The van der Waals surface area contributed by atoms with Crippen molar-refractivity contribution in [1.29, 1.82) is 0 Å². The Hall–Kier alpha value is -2.22. The average molecular weight is 395 g/mol. The number of likely N-dealkylation sites (tertiary alicyclic amines) is 1. The van der Waals surface area contributed by atoms with Crippen molar-refractivity contribution in [1.82, 2.24) is 20.4 Å². The van der Waals surface area contributed by atoms with E-state index in [1.165, 1.54) is 17.4 Å². The number of aliphatic imine (C=N–C) groups is 1. The molecule has 0 spiro atoms. The first-order valence-corrected chi connectivity index (χ1v) is 9.81. The van der Waals surface area contributed by atoms with Gasteiger partial charge in [0.1, 0.15) is 18.2 Å². The summed E-state index contributed by atoms with van der Waals surface area (Å²) in [6.07, 6.45) is 2.62. The first kappa shape index (κ1) is 22.1. The molecule has 28 heavy (non-hydrogen) atoms. The molecule has 6 nitrogen and oxygen atoms in total. The molecule has 1 fully saturated rings. The molecule has 0 bridgehead atoms. The van der Waals surface area contributed by atoms with Gasteiger partial charge in [-0.3, -0.25) is 9.69 Å². The lowest BCUT2D eigenvalue weighted by molar-refractivity contribution is -0.127. The summed E-state index contributed by atoms with van der Waals surface area (Å²) in [6, 6.07) is 3.87. The number of amides is 1. The van der Waals surface area contributed by atoms with Crippen LogP contribution in [0.4, 0.5) is 8.78 Å². The van der Waals surface area contributed by atoms with E-state index in [2.05, 4.69) is 27.4 Å². The lowest BCUT2D eigenvalue weighted by atomic mass is 10.1. The number of nitrogens with one attached hydrogen (secondary N) is 2. The van der Waals surface area contributed by atoms with Crippen LogP contribution in [0, 0.1) is 11.6 Å². The summed E-state index contributed by atoms with van der Waals surface area (Å²) < 4.78 is 27.1. The SMILES string of the molecule is CCN1CCCC1CNC(=NCC(=O)N(C)C)NCCc1cc(F)ccc1F. The molecule has 1 atom stereocenters. The van der Waals surface area contributed by atoms with Gasteiger partial charge >= 0.3 is 0 Å². The summed E-state index contributed by atoms with van der Waals surface area (Å²) in [5.41, 5.74) is 0.309.